The summed E-state index contributed by atoms with van der Waals surface area (Å²) in [4.78, 5) is 30.1. The number of anilines is 1. The molecule has 0 saturated carbocycles. The summed E-state index contributed by atoms with van der Waals surface area (Å²) < 4.78 is 14.9. The van der Waals surface area contributed by atoms with Crippen molar-refractivity contribution in [3.05, 3.63) is 82.9 Å². The van der Waals surface area contributed by atoms with Crippen molar-refractivity contribution in [2.75, 3.05) is 11.9 Å². The molecular formula is C26H27FN2O2. The number of nitrogens with zero attached hydrogens (tertiary/aromatic N) is 2. The van der Waals surface area contributed by atoms with E-state index in [2.05, 4.69) is 4.98 Å². The summed E-state index contributed by atoms with van der Waals surface area (Å²) in [5.74, 6) is -0.492. The molecule has 0 aliphatic rings. The van der Waals surface area contributed by atoms with Crippen molar-refractivity contribution < 1.29 is 14.0 Å². The van der Waals surface area contributed by atoms with Crippen molar-refractivity contribution in [3.63, 3.8) is 0 Å². The number of hydrogen-bond donors (Lipinski definition) is 0. The molecule has 1 aromatic heterocycles. The van der Waals surface area contributed by atoms with Crippen LogP contribution in [0.1, 0.15) is 46.9 Å². The predicted molar refractivity (Wildman–Crippen MR) is 122 cm³/mol. The van der Waals surface area contributed by atoms with E-state index in [1.807, 2.05) is 37.3 Å². The number of Topliss-reactive ketones (excluding diaryl/α,β-unsaturated/α-hetero) is 1. The smallest absolute Gasteiger partial charge is 0.226 e. The molecule has 0 aliphatic heterocycles. The third-order valence-corrected chi connectivity index (χ3v) is 5.54. The van der Waals surface area contributed by atoms with E-state index < -0.39 is 5.82 Å². The van der Waals surface area contributed by atoms with E-state index >= 15 is 0 Å². The van der Waals surface area contributed by atoms with Gasteiger partial charge in [0.25, 0.3) is 0 Å². The molecule has 0 saturated heterocycles. The minimum atomic E-state index is -0.409. The Balaban J connectivity index is 1.74. The van der Waals surface area contributed by atoms with Gasteiger partial charge in [-0.05, 0) is 54.7 Å². The lowest BCUT2D eigenvalue weighted by Crippen LogP contribution is -2.26. The number of carbonyl (C=O) groups excluding carboxylic acids is 2. The van der Waals surface area contributed by atoms with Crippen LogP contribution < -0.4 is 4.90 Å². The molecule has 0 unspecified atom stereocenters. The van der Waals surface area contributed by atoms with Crippen LogP contribution in [0.3, 0.4) is 0 Å². The Bertz CT molecular complexity index is 1090. The minimum absolute atomic E-state index is 0.0603. The zero-order valence-electron chi connectivity index (χ0n) is 18.4. The standard InChI is InChI=1S/C26H27FN2O2/c1-5-25(31)29(4)23-14-13-22(18(3)26(23)27)20-9-11-21(12-10-20)24(30)15-8-19-7-6-17(2)28-16-19/h6-7,9-14,16H,5,8,15H2,1-4H3. The molecule has 31 heavy (non-hydrogen) atoms. The van der Waals surface area contributed by atoms with Crippen molar-refractivity contribution in [2.24, 2.45) is 0 Å². The zero-order valence-corrected chi connectivity index (χ0v) is 18.4. The van der Waals surface area contributed by atoms with Gasteiger partial charge in [0.15, 0.2) is 5.78 Å². The summed E-state index contributed by atoms with van der Waals surface area (Å²) in [6.07, 6.45) is 3.17. The van der Waals surface area contributed by atoms with Gasteiger partial charge in [0.05, 0.1) is 5.69 Å². The van der Waals surface area contributed by atoms with Gasteiger partial charge in [-0.1, -0.05) is 43.3 Å². The maximum absolute atomic E-state index is 14.9. The first-order valence-corrected chi connectivity index (χ1v) is 10.4. The fraction of sp³-hybridized carbons (Fsp3) is 0.269. The van der Waals surface area contributed by atoms with Crippen LogP contribution in [0, 0.1) is 19.7 Å². The summed E-state index contributed by atoms with van der Waals surface area (Å²) in [6.45, 7) is 5.38. The summed E-state index contributed by atoms with van der Waals surface area (Å²) in [7, 11) is 1.58. The van der Waals surface area contributed by atoms with Crippen LogP contribution in [0.2, 0.25) is 0 Å². The Kier molecular flexibility index (Phi) is 6.95. The number of aryl methyl sites for hydroxylation is 2. The molecule has 5 heteroatoms. The molecule has 0 fully saturated rings. The van der Waals surface area contributed by atoms with Gasteiger partial charge in [-0.15, -0.1) is 0 Å². The van der Waals surface area contributed by atoms with Gasteiger partial charge < -0.3 is 4.90 Å². The number of pyridine rings is 1. The topological polar surface area (TPSA) is 50.3 Å². The maximum atomic E-state index is 14.9. The van der Waals surface area contributed by atoms with E-state index in [9.17, 15) is 14.0 Å². The number of carbonyl (C=O) groups is 2. The minimum Gasteiger partial charge on any atom is -0.313 e. The highest BCUT2D eigenvalue weighted by Crippen LogP contribution is 2.31. The molecule has 0 atom stereocenters. The van der Waals surface area contributed by atoms with Gasteiger partial charge in [-0.2, -0.15) is 0 Å². The van der Waals surface area contributed by atoms with Crippen molar-refractivity contribution in [2.45, 2.75) is 40.0 Å². The Morgan fingerprint density at radius 1 is 1.00 bits per heavy atom. The van der Waals surface area contributed by atoms with E-state index in [-0.39, 0.29) is 17.4 Å². The molecule has 0 radical (unpaired) electrons. The van der Waals surface area contributed by atoms with Gasteiger partial charge in [0, 0.05) is 37.3 Å². The van der Waals surface area contributed by atoms with E-state index in [0.717, 1.165) is 22.4 Å². The van der Waals surface area contributed by atoms with Crippen molar-refractivity contribution in [1.82, 2.24) is 4.98 Å². The molecule has 2 aromatic carbocycles. The van der Waals surface area contributed by atoms with Gasteiger partial charge in [-0.3, -0.25) is 14.6 Å². The third-order valence-electron chi connectivity index (χ3n) is 5.54. The first-order valence-electron chi connectivity index (χ1n) is 10.4. The Hall–Kier alpha value is -3.34. The molecule has 0 bridgehead atoms. The number of ketones is 1. The molecule has 1 heterocycles. The third kappa shape index (κ3) is 5.05. The summed E-state index contributed by atoms with van der Waals surface area (Å²) in [5.41, 5.74) is 4.92. The molecule has 3 rings (SSSR count). The van der Waals surface area contributed by atoms with Crippen LogP contribution in [-0.2, 0) is 11.2 Å². The van der Waals surface area contributed by atoms with Crippen LogP contribution in [0.25, 0.3) is 11.1 Å². The second-order valence-electron chi connectivity index (χ2n) is 7.69. The van der Waals surface area contributed by atoms with Crippen LogP contribution in [-0.4, -0.2) is 23.7 Å². The zero-order chi connectivity index (χ0) is 22.5. The first-order chi connectivity index (χ1) is 14.8. The van der Waals surface area contributed by atoms with Crippen LogP contribution in [0.5, 0.6) is 0 Å². The molecule has 160 valence electrons. The average molecular weight is 419 g/mol. The SMILES string of the molecule is CCC(=O)N(C)c1ccc(-c2ccc(C(=O)CCc3ccc(C)nc3)cc2)c(C)c1F. The van der Waals surface area contributed by atoms with E-state index in [4.69, 9.17) is 0 Å². The quantitative estimate of drug-likeness (QED) is 0.463. The Labute approximate surface area is 182 Å². The average Bonchev–Trinajstić information content (AvgIpc) is 2.79. The molecular weight excluding hydrogens is 391 g/mol. The van der Waals surface area contributed by atoms with E-state index in [1.165, 1.54) is 4.90 Å². The molecule has 0 aliphatic carbocycles. The number of amides is 1. The highest BCUT2D eigenvalue weighted by molar-refractivity contribution is 5.97. The highest BCUT2D eigenvalue weighted by Gasteiger charge is 2.17. The number of rotatable bonds is 7. The maximum Gasteiger partial charge on any atom is 0.226 e. The molecule has 3 aromatic rings. The lowest BCUT2D eigenvalue weighted by Gasteiger charge is -2.19. The monoisotopic (exact) mass is 418 g/mol. The fourth-order valence-corrected chi connectivity index (χ4v) is 3.50. The van der Waals surface area contributed by atoms with Gasteiger partial charge in [-0.25, -0.2) is 4.39 Å². The first kappa shape index (κ1) is 22.3. The van der Waals surface area contributed by atoms with Gasteiger partial charge >= 0.3 is 0 Å². The lowest BCUT2D eigenvalue weighted by atomic mass is 9.96. The van der Waals surface area contributed by atoms with Crippen LogP contribution in [0.15, 0.2) is 54.7 Å². The summed E-state index contributed by atoms with van der Waals surface area (Å²) >= 11 is 0. The second kappa shape index (κ2) is 9.65. The second-order valence-corrected chi connectivity index (χ2v) is 7.69. The van der Waals surface area contributed by atoms with Crippen LogP contribution in [0.4, 0.5) is 10.1 Å². The normalized spacial score (nSPS) is 10.7. The number of halogens is 1. The Morgan fingerprint density at radius 3 is 2.32 bits per heavy atom. The molecule has 4 nitrogen and oxygen atoms in total. The molecule has 1 amide bonds. The molecule has 0 spiro atoms. The number of hydrogen-bond acceptors (Lipinski definition) is 3. The fourth-order valence-electron chi connectivity index (χ4n) is 3.50. The lowest BCUT2D eigenvalue weighted by molar-refractivity contribution is -0.118. The largest absolute Gasteiger partial charge is 0.313 e. The van der Waals surface area contributed by atoms with Crippen molar-refractivity contribution >= 4 is 17.4 Å². The number of benzene rings is 2. The van der Waals surface area contributed by atoms with Crippen molar-refractivity contribution in [1.29, 1.82) is 0 Å². The van der Waals surface area contributed by atoms with Crippen LogP contribution >= 0.6 is 0 Å². The molecule has 0 N–H and O–H groups in total. The number of aromatic nitrogens is 1. The highest BCUT2D eigenvalue weighted by atomic mass is 19.1. The Morgan fingerprint density at radius 2 is 1.71 bits per heavy atom. The van der Waals surface area contributed by atoms with Gasteiger partial charge in [0.2, 0.25) is 5.91 Å². The predicted octanol–water partition coefficient (Wildman–Crippen LogP) is 5.69. The van der Waals surface area contributed by atoms with E-state index in [0.29, 0.717) is 30.4 Å². The van der Waals surface area contributed by atoms with Crippen molar-refractivity contribution in [3.8, 4) is 11.1 Å². The summed E-state index contributed by atoms with van der Waals surface area (Å²) in [5, 5.41) is 0. The van der Waals surface area contributed by atoms with Gasteiger partial charge in [0.1, 0.15) is 5.82 Å². The van der Waals surface area contributed by atoms with E-state index in [1.54, 1.807) is 45.3 Å². The summed E-state index contributed by atoms with van der Waals surface area (Å²) in [6, 6.07) is 14.6.